The van der Waals surface area contributed by atoms with Crippen molar-refractivity contribution in [1.29, 1.82) is 0 Å². The van der Waals surface area contributed by atoms with Crippen LogP contribution in [0.2, 0.25) is 0 Å². The number of rotatable bonds is 3. The summed E-state index contributed by atoms with van der Waals surface area (Å²) in [4.78, 5) is 36.2. The number of anilines is 1. The molecule has 1 unspecified atom stereocenters. The lowest BCUT2D eigenvalue weighted by atomic mass is 10.1. The molecule has 1 aromatic carbocycles. The Morgan fingerprint density at radius 2 is 1.89 bits per heavy atom. The van der Waals surface area contributed by atoms with Gasteiger partial charge in [0.15, 0.2) is 0 Å². The van der Waals surface area contributed by atoms with Gasteiger partial charge in [-0.05, 0) is 24.3 Å². The van der Waals surface area contributed by atoms with E-state index in [2.05, 4.69) is 10.6 Å². The smallest absolute Gasteiger partial charge is 0.251 e. The molecule has 0 aromatic heterocycles. The Balaban J connectivity index is 2.04. The van der Waals surface area contributed by atoms with Crippen LogP contribution in [0.4, 0.5) is 5.69 Å². The predicted octanol–water partition coefficient (Wildman–Crippen LogP) is -0.102. The third kappa shape index (κ3) is 2.90. The second-order valence-corrected chi connectivity index (χ2v) is 4.58. The van der Waals surface area contributed by atoms with E-state index in [4.69, 9.17) is 0 Å². The highest BCUT2D eigenvalue weighted by molar-refractivity contribution is 6.08. The average Bonchev–Trinajstić information content (AvgIpc) is 2.68. The first-order chi connectivity index (χ1) is 8.97. The van der Waals surface area contributed by atoms with E-state index >= 15 is 0 Å². The normalized spacial score (nSPS) is 18.1. The number of hydrogen-bond acceptors (Lipinski definition) is 4. The van der Waals surface area contributed by atoms with Gasteiger partial charge in [0.05, 0.1) is 6.42 Å². The maximum Gasteiger partial charge on any atom is 0.251 e. The number of nitrogens with one attached hydrogen (secondary N) is 2. The molecule has 0 saturated carbocycles. The van der Waals surface area contributed by atoms with Gasteiger partial charge in [-0.15, -0.1) is 0 Å². The maximum absolute atomic E-state index is 11.9. The van der Waals surface area contributed by atoms with Crippen molar-refractivity contribution in [2.24, 2.45) is 0 Å². The lowest BCUT2D eigenvalue weighted by Crippen LogP contribution is -2.40. The molecule has 0 aliphatic carbocycles. The summed E-state index contributed by atoms with van der Waals surface area (Å²) in [7, 11) is 3.81. The monoisotopic (exact) mass is 261 g/mol. The fourth-order valence-corrected chi connectivity index (χ4v) is 1.82. The molecule has 1 saturated heterocycles. The van der Waals surface area contributed by atoms with Crippen LogP contribution in [0.1, 0.15) is 16.8 Å². The van der Waals surface area contributed by atoms with Gasteiger partial charge in [-0.3, -0.25) is 19.7 Å². The maximum atomic E-state index is 11.9. The van der Waals surface area contributed by atoms with E-state index in [1.54, 1.807) is 12.1 Å². The van der Waals surface area contributed by atoms with Crippen molar-refractivity contribution in [2.45, 2.75) is 12.5 Å². The lowest BCUT2D eigenvalue weighted by Gasteiger charge is -2.13. The highest BCUT2D eigenvalue weighted by atomic mass is 16.2. The molecule has 6 nitrogen and oxygen atoms in total. The largest absolute Gasteiger partial charge is 0.378 e. The van der Waals surface area contributed by atoms with Gasteiger partial charge in [-0.2, -0.15) is 0 Å². The average molecular weight is 261 g/mol. The molecule has 0 radical (unpaired) electrons. The number of benzene rings is 1. The van der Waals surface area contributed by atoms with E-state index in [1.165, 1.54) is 0 Å². The molecule has 1 aliphatic rings. The van der Waals surface area contributed by atoms with Gasteiger partial charge >= 0.3 is 0 Å². The predicted molar refractivity (Wildman–Crippen MR) is 69.8 cm³/mol. The molecule has 0 bridgehead atoms. The van der Waals surface area contributed by atoms with E-state index in [0.29, 0.717) is 5.56 Å². The van der Waals surface area contributed by atoms with E-state index < -0.39 is 11.9 Å². The Kier molecular flexibility index (Phi) is 3.50. The Morgan fingerprint density at radius 3 is 2.37 bits per heavy atom. The van der Waals surface area contributed by atoms with Crippen LogP contribution < -0.4 is 15.5 Å². The molecule has 19 heavy (non-hydrogen) atoms. The van der Waals surface area contributed by atoms with Crippen LogP contribution in [0.5, 0.6) is 0 Å². The van der Waals surface area contributed by atoms with Gasteiger partial charge in [-0.1, -0.05) is 0 Å². The topological polar surface area (TPSA) is 78.5 Å². The molecular formula is C13H15N3O3. The van der Waals surface area contributed by atoms with Gasteiger partial charge in [-0.25, -0.2) is 0 Å². The minimum atomic E-state index is -0.770. The number of carbonyl (C=O) groups is 3. The standard InChI is InChI=1S/C13H15N3O3/c1-16(2)9-5-3-8(4-6-9)12(18)14-10-7-11(17)15-13(10)19/h3-6,10H,7H2,1-2H3,(H,14,18)(H,15,17,19). The zero-order valence-corrected chi connectivity index (χ0v) is 10.8. The van der Waals surface area contributed by atoms with Crippen LogP contribution in [0, 0.1) is 0 Å². The fraction of sp³-hybridized carbons (Fsp3) is 0.308. The van der Waals surface area contributed by atoms with Gasteiger partial charge in [0.25, 0.3) is 5.91 Å². The van der Waals surface area contributed by atoms with Crippen LogP contribution in [0.15, 0.2) is 24.3 Å². The summed E-state index contributed by atoms with van der Waals surface area (Å²) in [6.45, 7) is 0. The second kappa shape index (κ2) is 5.09. The SMILES string of the molecule is CN(C)c1ccc(C(=O)NC2CC(=O)NC2=O)cc1. The van der Waals surface area contributed by atoms with Gasteiger partial charge in [0, 0.05) is 25.3 Å². The van der Waals surface area contributed by atoms with Crippen LogP contribution in [-0.4, -0.2) is 37.9 Å². The zero-order chi connectivity index (χ0) is 14.0. The van der Waals surface area contributed by atoms with Crippen LogP contribution in [0.25, 0.3) is 0 Å². The Bertz CT molecular complexity index is 522. The third-order valence-electron chi connectivity index (χ3n) is 2.92. The van der Waals surface area contributed by atoms with Crippen LogP contribution in [0.3, 0.4) is 0 Å². The molecule has 1 heterocycles. The molecule has 0 spiro atoms. The molecule has 6 heteroatoms. The second-order valence-electron chi connectivity index (χ2n) is 4.58. The first kappa shape index (κ1) is 13.1. The summed E-state index contributed by atoms with van der Waals surface area (Å²) in [5.41, 5.74) is 1.43. The van der Waals surface area contributed by atoms with Crippen LogP contribution in [-0.2, 0) is 9.59 Å². The van der Waals surface area contributed by atoms with Gasteiger partial charge < -0.3 is 10.2 Å². The molecule has 3 amide bonds. The molecule has 1 atom stereocenters. The minimum absolute atomic E-state index is 0.000352. The first-order valence-corrected chi connectivity index (χ1v) is 5.89. The van der Waals surface area contributed by atoms with Crippen molar-refractivity contribution in [3.05, 3.63) is 29.8 Å². The molecule has 2 rings (SSSR count). The van der Waals surface area contributed by atoms with Crippen molar-refractivity contribution in [2.75, 3.05) is 19.0 Å². The summed E-state index contributed by atoms with van der Waals surface area (Å²) in [6.07, 6.45) is 0.000352. The molecule has 100 valence electrons. The Morgan fingerprint density at radius 1 is 1.26 bits per heavy atom. The fourth-order valence-electron chi connectivity index (χ4n) is 1.82. The summed E-state index contributed by atoms with van der Waals surface area (Å²) in [5.74, 6) is -1.18. The molecule has 2 N–H and O–H groups in total. The number of nitrogens with zero attached hydrogens (tertiary/aromatic N) is 1. The number of hydrogen-bond donors (Lipinski definition) is 2. The summed E-state index contributed by atoms with van der Waals surface area (Å²) in [6, 6.07) is 6.22. The molecule has 1 aromatic rings. The highest BCUT2D eigenvalue weighted by Gasteiger charge is 2.31. The molecular weight excluding hydrogens is 246 g/mol. The Labute approximate surface area is 110 Å². The Hall–Kier alpha value is -2.37. The number of imide groups is 1. The third-order valence-corrected chi connectivity index (χ3v) is 2.92. The lowest BCUT2D eigenvalue weighted by molar-refractivity contribution is -0.125. The van der Waals surface area contributed by atoms with E-state index in [1.807, 2.05) is 31.1 Å². The number of carbonyl (C=O) groups excluding carboxylic acids is 3. The summed E-state index contributed by atoms with van der Waals surface area (Å²) >= 11 is 0. The van der Waals surface area contributed by atoms with Crippen molar-refractivity contribution in [3.63, 3.8) is 0 Å². The first-order valence-electron chi connectivity index (χ1n) is 5.89. The minimum Gasteiger partial charge on any atom is -0.378 e. The van der Waals surface area contributed by atoms with Crippen molar-refractivity contribution >= 4 is 23.4 Å². The van der Waals surface area contributed by atoms with Crippen molar-refractivity contribution < 1.29 is 14.4 Å². The summed E-state index contributed by atoms with van der Waals surface area (Å²) < 4.78 is 0. The highest BCUT2D eigenvalue weighted by Crippen LogP contribution is 2.12. The van der Waals surface area contributed by atoms with Gasteiger partial charge in [0.2, 0.25) is 11.8 Å². The number of amides is 3. The zero-order valence-electron chi connectivity index (χ0n) is 10.8. The van der Waals surface area contributed by atoms with E-state index in [9.17, 15) is 14.4 Å². The van der Waals surface area contributed by atoms with E-state index in [-0.39, 0.29) is 18.2 Å². The van der Waals surface area contributed by atoms with Gasteiger partial charge in [0.1, 0.15) is 6.04 Å². The van der Waals surface area contributed by atoms with Crippen molar-refractivity contribution in [3.8, 4) is 0 Å². The van der Waals surface area contributed by atoms with Crippen LogP contribution >= 0.6 is 0 Å². The summed E-state index contributed by atoms with van der Waals surface area (Å²) in [5, 5.41) is 4.69. The molecule has 1 fully saturated rings. The van der Waals surface area contributed by atoms with Crippen molar-refractivity contribution in [1.82, 2.24) is 10.6 Å². The quantitative estimate of drug-likeness (QED) is 0.745. The van der Waals surface area contributed by atoms with E-state index in [0.717, 1.165) is 5.69 Å². The molecule has 1 aliphatic heterocycles.